The number of nitrogens with zero attached hydrogens (tertiary/aromatic N) is 1. The van der Waals surface area contributed by atoms with E-state index in [1.807, 2.05) is 18.4 Å². The molecule has 1 heterocycles. The van der Waals surface area contributed by atoms with Crippen molar-refractivity contribution in [2.24, 2.45) is 0 Å². The van der Waals surface area contributed by atoms with Crippen molar-refractivity contribution in [1.29, 1.82) is 0 Å². The third kappa shape index (κ3) is 1.18. The lowest BCUT2D eigenvalue weighted by atomic mass is 10.2. The van der Waals surface area contributed by atoms with Crippen LogP contribution in [0.1, 0.15) is 0 Å². The van der Waals surface area contributed by atoms with Crippen molar-refractivity contribution >= 4 is 22.5 Å². The fourth-order valence-electron chi connectivity index (χ4n) is 1.19. The SMILES string of the molecule is CSc1nc[c]c2ccccc12. The van der Waals surface area contributed by atoms with E-state index < -0.39 is 0 Å². The second-order valence-electron chi connectivity index (χ2n) is 2.46. The summed E-state index contributed by atoms with van der Waals surface area (Å²) >= 11 is 1.67. The standard InChI is InChI=1S/C10H8NS/c1-12-10-9-5-3-2-4-8(9)6-7-11-10/h2-5,7H,1H3. The molecule has 2 aromatic rings. The van der Waals surface area contributed by atoms with Gasteiger partial charge in [-0.05, 0) is 11.6 Å². The molecule has 0 unspecified atom stereocenters. The smallest absolute Gasteiger partial charge is 0.104 e. The molecule has 0 saturated heterocycles. The molecule has 0 bridgehead atoms. The van der Waals surface area contributed by atoms with Gasteiger partial charge >= 0.3 is 0 Å². The van der Waals surface area contributed by atoms with E-state index in [2.05, 4.69) is 23.2 Å². The Balaban J connectivity index is 2.79. The highest BCUT2D eigenvalue weighted by Gasteiger charge is 1.98. The van der Waals surface area contributed by atoms with Gasteiger partial charge in [-0.1, -0.05) is 24.3 Å². The number of aromatic nitrogens is 1. The van der Waals surface area contributed by atoms with Crippen LogP contribution in [0.4, 0.5) is 0 Å². The van der Waals surface area contributed by atoms with Gasteiger partial charge in [-0.15, -0.1) is 11.8 Å². The van der Waals surface area contributed by atoms with Crippen molar-refractivity contribution in [3.63, 3.8) is 0 Å². The Hall–Kier alpha value is -1.02. The lowest BCUT2D eigenvalue weighted by Crippen LogP contribution is -1.80. The molecule has 2 heteroatoms. The second-order valence-corrected chi connectivity index (χ2v) is 3.25. The Morgan fingerprint density at radius 1 is 1.33 bits per heavy atom. The van der Waals surface area contributed by atoms with Crippen LogP contribution >= 0.6 is 11.8 Å². The molecule has 0 fully saturated rings. The zero-order chi connectivity index (χ0) is 8.39. The van der Waals surface area contributed by atoms with E-state index in [1.165, 1.54) is 5.39 Å². The van der Waals surface area contributed by atoms with Crippen LogP contribution in [0.2, 0.25) is 0 Å². The summed E-state index contributed by atoms with van der Waals surface area (Å²) in [4.78, 5) is 4.23. The number of fused-ring (bicyclic) bond motifs is 1. The lowest BCUT2D eigenvalue weighted by molar-refractivity contribution is 1.18. The minimum Gasteiger partial charge on any atom is -0.249 e. The molecule has 0 aliphatic rings. The van der Waals surface area contributed by atoms with Gasteiger partial charge in [0.25, 0.3) is 0 Å². The molecule has 1 radical (unpaired) electrons. The number of benzene rings is 1. The summed E-state index contributed by atoms with van der Waals surface area (Å²) in [5.41, 5.74) is 0. The van der Waals surface area contributed by atoms with E-state index >= 15 is 0 Å². The Labute approximate surface area is 75.8 Å². The van der Waals surface area contributed by atoms with Crippen LogP contribution in [0.3, 0.4) is 0 Å². The molecule has 0 atom stereocenters. The number of pyridine rings is 1. The Kier molecular flexibility index (Phi) is 2.00. The fourth-order valence-corrected chi connectivity index (χ4v) is 1.74. The first-order valence-electron chi connectivity index (χ1n) is 3.71. The van der Waals surface area contributed by atoms with Crippen LogP contribution in [0.5, 0.6) is 0 Å². The quantitative estimate of drug-likeness (QED) is 0.616. The summed E-state index contributed by atoms with van der Waals surface area (Å²) in [6.45, 7) is 0. The van der Waals surface area contributed by atoms with Gasteiger partial charge in [-0.2, -0.15) is 0 Å². The zero-order valence-electron chi connectivity index (χ0n) is 6.74. The Bertz CT molecular complexity index is 392. The lowest BCUT2D eigenvalue weighted by Gasteiger charge is -2.00. The van der Waals surface area contributed by atoms with Crippen molar-refractivity contribution in [2.45, 2.75) is 5.03 Å². The van der Waals surface area contributed by atoms with Crippen LogP contribution in [-0.2, 0) is 0 Å². The highest BCUT2D eigenvalue weighted by molar-refractivity contribution is 7.98. The summed E-state index contributed by atoms with van der Waals surface area (Å²) in [5, 5.41) is 3.40. The third-order valence-electron chi connectivity index (χ3n) is 1.75. The van der Waals surface area contributed by atoms with Crippen molar-refractivity contribution in [3.05, 3.63) is 36.5 Å². The van der Waals surface area contributed by atoms with E-state index in [0.29, 0.717) is 0 Å². The summed E-state index contributed by atoms with van der Waals surface area (Å²) in [6.07, 6.45) is 3.77. The Morgan fingerprint density at radius 2 is 2.17 bits per heavy atom. The second kappa shape index (κ2) is 3.15. The van der Waals surface area contributed by atoms with Gasteiger partial charge in [0.05, 0.1) is 0 Å². The first kappa shape index (κ1) is 7.62. The van der Waals surface area contributed by atoms with Crippen LogP contribution in [0, 0.1) is 6.07 Å². The Morgan fingerprint density at radius 3 is 3.00 bits per heavy atom. The normalized spacial score (nSPS) is 10.4. The van der Waals surface area contributed by atoms with Gasteiger partial charge in [-0.25, -0.2) is 4.98 Å². The van der Waals surface area contributed by atoms with E-state index in [0.717, 1.165) is 10.4 Å². The molecule has 0 amide bonds. The number of rotatable bonds is 1. The van der Waals surface area contributed by atoms with Gasteiger partial charge in [0.1, 0.15) is 5.03 Å². The maximum atomic E-state index is 4.23. The molecule has 0 N–H and O–H groups in total. The fraction of sp³-hybridized carbons (Fsp3) is 0.100. The maximum Gasteiger partial charge on any atom is 0.104 e. The van der Waals surface area contributed by atoms with E-state index in [9.17, 15) is 0 Å². The summed E-state index contributed by atoms with van der Waals surface area (Å²) < 4.78 is 0. The third-order valence-corrected chi connectivity index (χ3v) is 2.46. The first-order valence-corrected chi connectivity index (χ1v) is 4.93. The van der Waals surface area contributed by atoms with Crippen LogP contribution in [-0.4, -0.2) is 11.2 Å². The zero-order valence-corrected chi connectivity index (χ0v) is 7.56. The molecular weight excluding hydrogens is 166 g/mol. The predicted octanol–water partition coefficient (Wildman–Crippen LogP) is 2.76. The highest BCUT2D eigenvalue weighted by Crippen LogP contribution is 2.22. The molecule has 0 spiro atoms. The van der Waals surface area contributed by atoms with Crippen LogP contribution < -0.4 is 0 Å². The van der Waals surface area contributed by atoms with Gasteiger partial charge < -0.3 is 0 Å². The maximum absolute atomic E-state index is 4.23. The molecule has 0 aliphatic carbocycles. The molecule has 12 heavy (non-hydrogen) atoms. The summed E-state index contributed by atoms with van der Waals surface area (Å²) in [7, 11) is 0. The van der Waals surface area contributed by atoms with E-state index in [1.54, 1.807) is 18.0 Å². The van der Waals surface area contributed by atoms with Crippen LogP contribution in [0.25, 0.3) is 10.8 Å². The molecule has 59 valence electrons. The molecule has 0 aliphatic heterocycles. The molecule has 0 saturated carbocycles. The van der Waals surface area contributed by atoms with Gasteiger partial charge in [-0.3, -0.25) is 0 Å². The molecule has 1 nitrogen and oxygen atoms in total. The molecule has 1 aromatic carbocycles. The largest absolute Gasteiger partial charge is 0.249 e. The highest BCUT2D eigenvalue weighted by atomic mass is 32.2. The molecular formula is C10H8NS. The predicted molar refractivity (Wildman–Crippen MR) is 52.4 cm³/mol. The minimum atomic E-state index is 1.07. The van der Waals surface area contributed by atoms with E-state index in [4.69, 9.17) is 0 Å². The first-order chi connectivity index (χ1) is 5.92. The van der Waals surface area contributed by atoms with Gasteiger partial charge in [0, 0.05) is 17.6 Å². The van der Waals surface area contributed by atoms with E-state index in [-0.39, 0.29) is 0 Å². The number of hydrogen-bond donors (Lipinski definition) is 0. The minimum absolute atomic E-state index is 1.07. The monoisotopic (exact) mass is 174 g/mol. The van der Waals surface area contributed by atoms with Crippen molar-refractivity contribution < 1.29 is 0 Å². The number of thioether (sulfide) groups is 1. The molecule has 2 rings (SSSR count). The average molecular weight is 174 g/mol. The van der Waals surface area contributed by atoms with Gasteiger partial charge in [0.15, 0.2) is 0 Å². The average Bonchev–Trinajstić information content (AvgIpc) is 2.17. The molecule has 1 aromatic heterocycles. The topological polar surface area (TPSA) is 12.9 Å². The van der Waals surface area contributed by atoms with Crippen molar-refractivity contribution in [3.8, 4) is 0 Å². The van der Waals surface area contributed by atoms with Crippen LogP contribution in [0.15, 0.2) is 35.5 Å². The van der Waals surface area contributed by atoms with Crippen molar-refractivity contribution in [1.82, 2.24) is 4.98 Å². The van der Waals surface area contributed by atoms with Gasteiger partial charge in [0.2, 0.25) is 0 Å². The number of hydrogen-bond acceptors (Lipinski definition) is 2. The summed E-state index contributed by atoms with van der Waals surface area (Å²) in [6, 6.07) is 11.3. The van der Waals surface area contributed by atoms with Crippen molar-refractivity contribution in [2.75, 3.05) is 6.26 Å². The summed E-state index contributed by atoms with van der Waals surface area (Å²) in [5.74, 6) is 0.